The summed E-state index contributed by atoms with van der Waals surface area (Å²) in [6.07, 6.45) is 2.08. The van der Waals surface area contributed by atoms with Gasteiger partial charge in [0.25, 0.3) is 0 Å². The zero-order valence-corrected chi connectivity index (χ0v) is 13.3. The second kappa shape index (κ2) is 8.95. The largest absolute Gasteiger partial charge is 0.633 e. The van der Waals surface area contributed by atoms with E-state index in [4.69, 9.17) is 27.4 Å². The van der Waals surface area contributed by atoms with Gasteiger partial charge in [-0.3, -0.25) is 0 Å². The summed E-state index contributed by atoms with van der Waals surface area (Å²) in [6.45, 7) is 0.713. The van der Waals surface area contributed by atoms with E-state index in [9.17, 15) is 0 Å². The highest BCUT2D eigenvalue weighted by molar-refractivity contribution is 6.32. The third-order valence-corrected chi connectivity index (χ3v) is 3.71. The standard InChI is InChI=1S/C13H19BClN5O3/c15-11-6-2-1-5-10(11)9-20-13(17-18-19-20)12(16)7-3-4-8-23-14(21)22/h1-2,5-6,12,21-22H,3-4,7-9,16H2. The summed E-state index contributed by atoms with van der Waals surface area (Å²) >= 11 is 6.15. The van der Waals surface area contributed by atoms with Crippen molar-refractivity contribution in [2.24, 2.45) is 5.73 Å². The van der Waals surface area contributed by atoms with Gasteiger partial charge in [0, 0.05) is 11.6 Å². The minimum Gasteiger partial charge on any atom is -0.402 e. The van der Waals surface area contributed by atoms with Crippen LogP contribution in [0.1, 0.15) is 36.7 Å². The van der Waals surface area contributed by atoms with Gasteiger partial charge in [0.2, 0.25) is 0 Å². The SMILES string of the molecule is NC(CCCCOB(O)O)c1nnnn1Cc1ccccc1Cl. The van der Waals surface area contributed by atoms with E-state index in [1.165, 1.54) is 0 Å². The summed E-state index contributed by atoms with van der Waals surface area (Å²) in [7, 11) is -1.73. The first-order chi connectivity index (χ1) is 11.1. The van der Waals surface area contributed by atoms with Crippen LogP contribution in [0.15, 0.2) is 24.3 Å². The van der Waals surface area contributed by atoms with Crippen molar-refractivity contribution in [2.45, 2.75) is 31.8 Å². The average Bonchev–Trinajstić information content (AvgIpc) is 2.97. The predicted molar refractivity (Wildman–Crippen MR) is 85.3 cm³/mol. The molecule has 0 bridgehead atoms. The van der Waals surface area contributed by atoms with Crippen LogP contribution in [-0.2, 0) is 11.2 Å². The summed E-state index contributed by atoms with van der Waals surface area (Å²) < 4.78 is 6.28. The van der Waals surface area contributed by atoms with Crippen molar-refractivity contribution >= 4 is 18.9 Å². The highest BCUT2D eigenvalue weighted by atomic mass is 35.5. The number of hydrogen-bond donors (Lipinski definition) is 3. The van der Waals surface area contributed by atoms with Crippen LogP contribution < -0.4 is 5.73 Å². The molecule has 1 aromatic heterocycles. The highest BCUT2D eigenvalue weighted by Gasteiger charge is 2.16. The third-order valence-electron chi connectivity index (χ3n) is 3.35. The highest BCUT2D eigenvalue weighted by Crippen LogP contribution is 2.19. The van der Waals surface area contributed by atoms with Gasteiger partial charge in [-0.2, -0.15) is 0 Å². The summed E-state index contributed by atoms with van der Waals surface area (Å²) in [5.74, 6) is 0.591. The van der Waals surface area contributed by atoms with Crippen molar-refractivity contribution in [3.05, 3.63) is 40.7 Å². The molecule has 0 saturated heterocycles. The Morgan fingerprint density at radius 1 is 1.30 bits per heavy atom. The molecular weight excluding hydrogens is 320 g/mol. The molecule has 0 aliphatic rings. The first kappa shape index (κ1) is 17.8. The maximum absolute atomic E-state index is 8.58. The molecule has 0 fully saturated rings. The van der Waals surface area contributed by atoms with Gasteiger partial charge in [0.05, 0.1) is 12.6 Å². The second-order valence-corrected chi connectivity index (χ2v) is 5.49. The number of nitrogens with zero attached hydrogens (tertiary/aromatic N) is 4. The lowest BCUT2D eigenvalue weighted by Gasteiger charge is -2.12. The number of rotatable bonds is 9. The van der Waals surface area contributed by atoms with Crippen molar-refractivity contribution in [2.75, 3.05) is 6.61 Å². The third kappa shape index (κ3) is 5.56. The van der Waals surface area contributed by atoms with Crippen LogP contribution in [0.5, 0.6) is 0 Å². The van der Waals surface area contributed by atoms with Gasteiger partial charge in [0.1, 0.15) is 0 Å². The molecule has 1 aromatic carbocycles. The number of benzene rings is 1. The number of nitrogens with two attached hydrogens (primary N) is 1. The van der Waals surface area contributed by atoms with Gasteiger partial charge < -0.3 is 20.4 Å². The topological polar surface area (TPSA) is 119 Å². The Morgan fingerprint density at radius 2 is 2.09 bits per heavy atom. The molecule has 0 spiro atoms. The zero-order chi connectivity index (χ0) is 16.7. The van der Waals surface area contributed by atoms with E-state index in [0.717, 1.165) is 12.0 Å². The average molecular weight is 340 g/mol. The van der Waals surface area contributed by atoms with Crippen molar-refractivity contribution in [1.82, 2.24) is 20.2 Å². The Kier molecular flexibility index (Phi) is 6.94. The van der Waals surface area contributed by atoms with Gasteiger partial charge in [-0.05, 0) is 41.3 Å². The maximum Gasteiger partial charge on any atom is 0.633 e. The smallest absolute Gasteiger partial charge is 0.402 e. The van der Waals surface area contributed by atoms with Crippen molar-refractivity contribution in [1.29, 1.82) is 0 Å². The number of unbranched alkanes of at least 4 members (excludes halogenated alkanes) is 1. The lowest BCUT2D eigenvalue weighted by atomic mass is 10.1. The summed E-state index contributed by atoms with van der Waals surface area (Å²) in [5.41, 5.74) is 7.05. The van der Waals surface area contributed by atoms with Crippen LogP contribution in [0.25, 0.3) is 0 Å². The van der Waals surface area contributed by atoms with Crippen LogP contribution in [0.4, 0.5) is 0 Å². The molecule has 0 radical (unpaired) electrons. The van der Waals surface area contributed by atoms with Crippen molar-refractivity contribution in [3.63, 3.8) is 0 Å². The van der Waals surface area contributed by atoms with Crippen molar-refractivity contribution < 1.29 is 14.7 Å². The zero-order valence-electron chi connectivity index (χ0n) is 12.5. The number of aromatic nitrogens is 4. The van der Waals surface area contributed by atoms with E-state index in [1.54, 1.807) is 4.68 Å². The van der Waals surface area contributed by atoms with E-state index in [0.29, 0.717) is 30.2 Å². The Hall–Kier alpha value is -1.52. The minimum atomic E-state index is -1.73. The second-order valence-electron chi connectivity index (χ2n) is 5.09. The van der Waals surface area contributed by atoms with E-state index in [1.807, 2.05) is 24.3 Å². The molecule has 4 N–H and O–H groups in total. The Balaban J connectivity index is 1.88. The predicted octanol–water partition coefficient (Wildman–Crippen LogP) is 0.531. The summed E-state index contributed by atoms with van der Waals surface area (Å²) in [5, 5.41) is 29.5. The Morgan fingerprint density at radius 3 is 2.83 bits per heavy atom. The number of hydrogen-bond acceptors (Lipinski definition) is 7. The first-order valence-electron chi connectivity index (χ1n) is 7.30. The van der Waals surface area contributed by atoms with Gasteiger partial charge in [0.15, 0.2) is 5.82 Å². The molecule has 0 saturated carbocycles. The van der Waals surface area contributed by atoms with Crippen LogP contribution in [0.3, 0.4) is 0 Å². The van der Waals surface area contributed by atoms with E-state index >= 15 is 0 Å². The number of halogens is 1. The molecule has 8 nitrogen and oxygen atoms in total. The van der Waals surface area contributed by atoms with Gasteiger partial charge >= 0.3 is 7.32 Å². The Labute approximate surface area is 139 Å². The quantitative estimate of drug-likeness (QED) is 0.450. The van der Waals surface area contributed by atoms with Crippen molar-refractivity contribution in [3.8, 4) is 0 Å². The summed E-state index contributed by atoms with van der Waals surface area (Å²) in [6, 6.07) is 7.18. The van der Waals surface area contributed by atoms with E-state index in [-0.39, 0.29) is 12.6 Å². The molecule has 1 atom stereocenters. The lowest BCUT2D eigenvalue weighted by molar-refractivity contribution is 0.181. The molecule has 1 unspecified atom stereocenters. The molecule has 0 aliphatic heterocycles. The lowest BCUT2D eigenvalue weighted by Crippen LogP contribution is -2.19. The van der Waals surface area contributed by atoms with Gasteiger partial charge in [-0.15, -0.1) is 5.10 Å². The fraction of sp³-hybridized carbons (Fsp3) is 0.462. The van der Waals surface area contributed by atoms with Gasteiger partial charge in [-0.25, -0.2) is 4.68 Å². The van der Waals surface area contributed by atoms with Gasteiger partial charge in [-0.1, -0.05) is 29.8 Å². The normalized spacial score (nSPS) is 12.3. The first-order valence-corrected chi connectivity index (χ1v) is 7.68. The molecular formula is C13H19BClN5O3. The van der Waals surface area contributed by atoms with Crippen LogP contribution in [0, 0.1) is 0 Å². The minimum absolute atomic E-state index is 0.259. The fourth-order valence-electron chi connectivity index (χ4n) is 2.16. The van der Waals surface area contributed by atoms with Crippen LogP contribution >= 0.6 is 11.6 Å². The van der Waals surface area contributed by atoms with Crippen LogP contribution in [-0.4, -0.2) is 44.2 Å². The molecule has 2 aromatic rings. The van der Waals surface area contributed by atoms with E-state index < -0.39 is 7.32 Å². The van der Waals surface area contributed by atoms with Crippen LogP contribution in [0.2, 0.25) is 5.02 Å². The monoisotopic (exact) mass is 339 g/mol. The maximum atomic E-state index is 8.58. The molecule has 0 aliphatic carbocycles. The molecule has 2 rings (SSSR count). The summed E-state index contributed by atoms with van der Waals surface area (Å²) in [4.78, 5) is 0. The Bertz CT molecular complexity index is 613. The molecule has 1 heterocycles. The molecule has 10 heteroatoms. The number of tetrazole rings is 1. The molecule has 0 amide bonds. The fourth-order valence-corrected chi connectivity index (χ4v) is 2.36. The molecule has 23 heavy (non-hydrogen) atoms. The molecule has 124 valence electrons. The van der Waals surface area contributed by atoms with E-state index in [2.05, 4.69) is 20.2 Å².